The van der Waals surface area contributed by atoms with Crippen molar-refractivity contribution in [1.29, 1.82) is 0 Å². The van der Waals surface area contributed by atoms with E-state index in [1.807, 2.05) is 0 Å². The predicted molar refractivity (Wildman–Crippen MR) is 117 cm³/mol. The lowest BCUT2D eigenvalue weighted by Crippen LogP contribution is -2.38. The minimum Gasteiger partial charge on any atom is -0.481 e. The Bertz CT molecular complexity index is 1300. The molecule has 0 aliphatic carbocycles. The van der Waals surface area contributed by atoms with Crippen molar-refractivity contribution in [3.8, 4) is 0 Å². The highest BCUT2D eigenvalue weighted by Gasteiger charge is 2.21. The van der Waals surface area contributed by atoms with E-state index in [1.165, 1.54) is 36.4 Å². The van der Waals surface area contributed by atoms with Crippen LogP contribution in [-0.4, -0.2) is 31.4 Å². The summed E-state index contributed by atoms with van der Waals surface area (Å²) in [6, 6.07) is 12.8. The molecule has 0 aromatic heterocycles. The van der Waals surface area contributed by atoms with Gasteiger partial charge in [-0.1, -0.05) is 18.2 Å². The van der Waals surface area contributed by atoms with Crippen LogP contribution in [0.5, 0.6) is 0 Å². The molecule has 0 radical (unpaired) electrons. The molecule has 0 fully saturated rings. The van der Waals surface area contributed by atoms with Gasteiger partial charge in [0.2, 0.25) is 0 Å². The summed E-state index contributed by atoms with van der Waals surface area (Å²) in [6.45, 7) is 0. The lowest BCUT2D eigenvalue weighted by atomic mass is 10.0. The van der Waals surface area contributed by atoms with Gasteiger partial charge in [0.05, 0.1) is 11.3 Å². The Labute approximate surface area is 193 Å². The van der Waals surface area contributed by atoms with Gasteiger partial charge in [-0.25, -0.2) is 21.6 Å². The van der Waals surface area contributed by atoms with Gasteiger partial charge in [-0.2, -0.15) is 0 Å². The number of benzene rings is 3. The summed E-state index contributed by atoms with van der Waals surface area (Å²) in [5.41, 5.74) is -0.0359. The third-order valence-electron chi connectivity index (χ3n) is 4.76. The van der Waals surface area contributed by atoms with Crippen LogP contribution in [0.4, 0.5) is 18.9 Å². The number of aliphatic carboxylic acids is 1. The maximum atomic E-state index is 14.0. The van der Waals surface area contributed by atoms with E-state index in [2.05, 4.69) is 10.0 Å². The highest BCUT2D eigenvalue weighted by molar-refractivity contribution is 7.92. The number of carboxylic acids is 1. The van der Waals surface area contributed by atoms with E-state index in [-0.39, 0.29) is 21.7 Å². The van der Waals surface area contributed by atoms with E-state index >= 15 is 0 Å². The second-order valence-corrected chi connectivity index (χ2v) is 9.01. The zero-order chi connectivity index (χ0) is 24.9. The van der Waals surface area contributed by atoms with Crippen molar-refractivity contribution < 1.29 is 36.3 Å². The number of anilines is 1. The summed E-state index contributed by atoms with van der Waals surface area (Å²) in [4.78, 5) is 23.8. The van der Waals surface area contributed by atoms with Gasteiger partial charge in [0, 0.05) is 23.4 Å². The summed E-state index contributed by atoms with van der Waals surface area (Å²) in [7, 11) is -3.83. The summed E-state index contributed by atoms with van der Waals surface area (Å²) >= 11 is 0. The standard InChI is InChI=1S/C23H19F3N2O5S/c24-19-13-21(26)20(25)11-15(19)10-17(12-22(29)30)27-23(31)14-6-8-16(9-7-14)28-34(32,33)18-4-2-1-3-5-18/h1-9,11,13,17,28H,10,12H2,(H,27,31)(H,29,30). The normalized spacial score (nSPS) is 12.1. The molecule has 0 aliphatic rings. The molecule has 34 heavy (non-hydrogen) atoms. The van der Waals surface area contributed by atoms with Crippen LogP contribution >= 0.6 is 0 Å². The summed E-state index contributed by atoms with van der Waals surface area (Å²) in [5.74, 6) is -5.77. The highest BCUT2D eigenvalue weighted by atomic mass is 32.2. The number of sulfonamides is 1. The number of amides is 1. The number of hydrogen-bond donors (Lipinski definition) is 3. The summed E-state index contributed by atoms with van der Waals surface area (Å²) in [5, 5.41) is 11.5. The van der Waals surface area contributed by atoms with Gasteiger partial charge in [0.25, 0.3) is 15.9 Å². The number of rotatable bonds is 9. The van der Waals surface area contributed by atoms with Crippen LogP contribution in [-0.2, 0) is 21.2 Å². The predicted octanol–water partition coefficient (Wildman–Crippen LogP) is 3.72. The van der Waals surface area contributed by atoms with Crippen LogP contribution in [0.1, 0.15) is 22.3 Å². The molecule has 11 heteroatoms. The SMILES string of the molecule is O=C(O)CC(Cc1cc(F)c(F)cc1F)NC(=O)c1ccc(NS(=O)(=O)c2ccccc2)cc1. The molecule has 3 aromatic carbocycles. The van der Waals surface area contributed by atoms with Crippen LogP contribution in [0.3, 0.4) is 0 Å². The van der Waals surface area contributed by atoms with Crippen LogP contribution in [0.15, 0.2) is 71.6 Å². The van der Waals surface area contributed by atoms with Crippen molar-refractivity contribution in [2.24, 2.45) is 0 Å². The van der Waals surface area contributed by atoms with Crippen molar-refractivity contribution in [3.63, 3.8) is 0 Å². The molecular weight excluding hydrogens is 473 g/mol. The Morgan fingerprint density at radius 3 is 2.12 bits per heavy atom. The zero-order valence-electron chi connectivity index (χ0n) is 17.5. The van der Waals surface area contributed by atoms with Gasteiger partial charge in [-0.15, -0.1) is 0 Å². The minimum atomic E-state index is -3.83. The average molecular weight is 492 g/mol. The molecule has 0 saturated heterocycles. The van der Waals surface area contributed by atoms with Crippen molar-refractivity contribution >= 4 is 27.6 Å². The fourth-order valence-corrected chi connectivity index (χ4v) is 4.22. The molecule has 1 atom stereocenters. The lowest BCUT2D eigenvalue weighted by Gasteiger charge is -2.18. The third-order valence-corrected chi connectivity index (χ3v) is 6.16. The van der Waals surface area contributed by atoms with Crippen molar-refractivity contribution in [1.82, 2.24) is 5.32 Å². The first-order valence-electron chi connectivity index (χ1n) is 9.89. The maximum absolute atomic E-state index is 14.0. The number of carboxylic acid groups (broad SMARTS) is 1. The van der Waals surface area contributed by atoms with E-state index in [4.69, 9.17) is 5.11 Å². The van der Waals surface area contributed by atoms with E-state index in [9.17, 15) is 31.2 Å². The molecule has 0 spiro atoms. The molecule has 1 unspecified atom stereocenters. The van der Waals surface area contributed by atoms with E-state index < -0.39 is 58.2 Å². The molecule has 3 N–H and O–H groups in total. The second-order valence-electron chi connectivity index (χ2n) is 7.33. The quantitative estimate of drug-likeness (QED) is 0.394. The molecule has 1 amide bonds. The van der Waals surface area contributed by atoms with E-state index in [1.54, 1.807) is 18.2 Å². The Balaban J connectivity index is 1.72. The summed E-state index contributed by atoms with van der Waals surface area (Å²) in [6.07, 6.45) is -0.991. The molecule has 0 saturated carbocycles. The first-order valence-corrected chi connectivity index (χ1v) is 11.4. The zero-order valence-corrected chi connectivity index (χ0v) is 18.3. The van der Waals surface area contributed by atoms with Gasteiger partial charge < -0.3 is 10.4 Å². The third kappa shape index (κ3) is 6.35. The van der Waals surface area contributed by atoms with Crippen LogP contribution in [0.25, 0.3) is 0 Å². The Morgan fingerprint density at radius 2 is 1.50 bits per heavy atom. The van der Waals surface area contributed by atoms with E-state index in [0.717, 1.165) is 0 Å². The van der Waals surface area contributed by atoms with Crippen molar-refractivity contribution in [3.05, 3.63) is 95.3 Å². The Morgan fingerprint density at radius 1 is 0.882 bits per heavy atom. The topological polar surface area (TPSA) is 113 Å². The molecule has 0 aliphatic heterocycles. The lowest BCUT2D eigenvalue weighted by molar-refractivity contribution is -0.137. The molecule has 0 heterocycles. The fourth-order valence-electron chi connectivity index (χ4n) is 3.14. The first-order chi connectivity index (χ1) is 16.0. The minimum absolute atomic E-state index is 0.0535. The van der Waals surface area contributed by atoms with Crippen LogP contribution < -0.4 is 10.0 Å². The number of nitrogens with one attached hydrogen (secondary N) is 2. The smallest absolute Gasteiger partial charge is 0.305 e. The van der Waals surface area contributed by atoms with Crippen LogP contribution in [0.2, 0.25) is 0 Å². The van der Waals surface area contributed by atoms with Crippen molar-refractivity contribution in [2.75, 3.05) is 4.72 Å². The Hall–Kier alpha value is -3.86. The second kappa shape index (κ2) is 10.4. The van der Waals surface area contributed by atoms with Gasteiger partial charge in [-0.3, -0.25) is 14.3 Å². The number of halogens is 3. The number of hydrogen-bond acceptors (Lipinski definition) is 4. The molecular formula is C23H19F3N2O5S. The number of carbonyl (C=O) groups excluding carboxylic acids is 1. The molecule has 3 rings (SSSR count). The maximum Gasteiger partial charge on any atom is 0.305 e. The highest BCUT2D eigenvalue weighted by Crippen LogP contribution is 2.18. The van der Waals surface area contributed by atoms with Gasteiger partial charge in [-0.05, 0) is 54.4 Å². The van der Waals surface area contributed by atoms with Crippen LogP contribution in [0, 0.1) is 17.5 Å². The monoisotopic (exact) mass is 492 g/mol. The van der Waals surface area contributed by atoms with Crippen molar-refractivity contribution in [2.45, 2.75) is 23.8 Å². The van der Waals surface area contributed by atoms with E-state index in [0.29, 0.717) is 12.1 Å². The molecule has 3 aromatic rings. The Kier molecular flexibility index (Phi) is 7.57. The van der Waals surface area contributed by atoms with Gasteiger partial charge in [0.1, 0.15) is 5.82 Å². The first kappa shape index (κ1) is 24.8. The average Bonchev–Trinajstić information content (AvgIpc) is 2.78. The summed E-state index contributed by atoms with van der Waals surface area (Å²) < 4.78 is 67.7. The van der Waals surface area contributed by atoms with Gasteiger partial charge in [0.15, 0.2) is 11.6 Å². The number of carbonyl (C=O) groups is 2. The molecule has 0 bridgehead atoms. The fraction of sp³-hybridized carbons (Fsp3) is 0.130. The largest absolute Gasteiger partial charge is 0.481 e. The molecule has 7 nitrogen and oxygen atoms in total. The molecule has 178 valence electrons. The van der Waals surface area contributed by atoms with Gasteiger partial charge >= 0.3 is 5.97 Å².